The Morgan fingerprint density at radius 1 is 1.05 bits per heavy atom. The molecule has 4 nitrogen and oxygen atoms in total. The first-order valence-corrected chi connectivity index (χ1v) is 8.05. The molecular weight excluding hydrogens is 274 g/mol. The molecular formula is C15H28ClN3O. The Balaban J connectivity index is 0.00000147. The van der Waals surface area contributed by atoms with E-state index in [1.54, 1.807) is 0 Å². The number of rotatable bonds is 3. The molecule has 3 rings (SSSR count). The van der Waals surface area contributed by atoms with Gasteiger partial charge in [-0.2, -0.15) is 0 Å². The van der Waals surface area contributed by atoms with E-state index in [-0.39, 0.29) is 12.4 Å². The minimum atomic E-state index is 0. The van der Waals surface area contributed by atoms with Crippen LogP contribution in [0.15, 0.2) is 0 Å². The van der Waals surface area contributed by atoms with Crippen LogP contribution in [0.5, 0.6) is 0 Å². The Bertz CT molecular complexity index is 314. The highest BCUT2D eigenvalue weighted by atomic mass is 35.5. The van der Waals surface area contributed by atoms with Gasteiger partial charge in [0.05, 0.1) is 0 Å². The minimum Gasteiger partial charge on any atom is -0.341 e. The Morgan fingerprint density at radius 2 is 1.75 bits per heavy atom. The zero-order valence-electron chi connectivity index (χ0n) is 12.4. The molecule has 1 amide bonds. The molecule has 2 saturated heterocycles. The quantitative estimate of drug-likeness (QED) is 0.858. The summed E-state index contributed by atoms with van der Waals surface area (Å²) in [6.45, 7) is 6.47. The summed E-state index contributed by atoms with van der Waals surface area (Å²) >= 11 is 0. The summed E-state index contributed by atoms with van der Waals surface area (Å²) in [6, 6.07) is 0.620. The number of piperazine rings is 1. The number of nitrogens with zero attached hydrogens (tertiary/aromatic N) is 2. The third kappa shape index (κ3) is 3.86. The van der Waals surface area contributed by atoms with Gasteiger partial charge in [-0.05, 0) is 25.2 Å². The molecule has 3 aliphatic rings. The van der Waals surface area contributed by atoms with Crippen LogP contribution >= 0.6 is 12.4 Å². The lowest BCUT2D eigenvalue weighted by molar-refractivity contribution is -0.131. The summed E-state index contributed by atoms with van der Waals surface area (Å²) in [5.74, 6) is 1.11. The van der Waals surface area contributed by atoms with E-state index in [4.69, 9.17) is 0 Å². The molecule has 1 saturated carbocycles. The fourth-order valence-electron chi connectivity index (χ4n) is 3.90. The first-order chi connectivity index (χ1) is 9.33. The van der Waals surface area contributed by atoms with Gasteiger partial charge in [-0.15, -0.1) is 12.4 Å². The normalized spacial score (nSPS) is 28.6. The van der Waals surface area contributed by atoms with Crippen LogP contribution in [0.2, 0.25) is 0 Å². The van der Waals surface area contributed by atoms with Gasteiger partial charge >= 0.3 is 0 Å². The van der Waals surface area contributed by atoms with Crippen molar-refractivity contribution >= 4 is 18.3 Å². The average molecular weight is 302 g/mol. The van der Waals surface area contributed by atoms with E-state index in [2.05, 4.69) is 15.1 Å². The smallest absolute Gasteiger partial charge is 0.222 e. The third-order valence-electron chi connectivity index (χ3n) is 5.12. The molecule has 0 spiro atoms. The lowest BCUT2D eigenvalue weighted by Crippen LogP contribution is -2.49. The predicted octanol–water partition coefficient (Wildman–Crippen LogP) is 1.49. The van der Waals surface area contributed by atoms with Crippen molar-refractivity contribution in [1.82, 2.24) is 15.1 Å². The van der Waals surface area contributed by atoms with E-state index in [1.165, 1.54) is 32.1 Å². The van der Waals surface area contributed by atoms with Crippen molar-refractivity contribution in [2.45, 2.75) is 44.6 Å². The van der Waals surface area contributed by atoms with Gasteiger partial charge in [0.25, 0.3) is 0 Å². The fraction of sp³-hybridized carbons (Fsp3) is 0.933. The van der Waals surface area contributed by atoms with Crippen LogP contribution < -0.4 is 5.32 Å². The zero-order valence-corrected chi connectivity index (χ0v) is 13.2. The molecule has 1 atom stereocenters. The van der Waals surface area contributed by atoms with E-state index in [0.29, 0.717) is 17.9 Å². The monoisotopic (exact) mass is 301 g/mol. The van der Waals surface area contributed by atoms with Gasteiger partial charge in [0.15, 0.2) is 0 Å². The van der Waals surface area contributed by atoms with E-state index < -0.39 is 0 Å². The van der Waals surface area contributed by atoms with Crippen LogP contribution in [-0.2, 0) is 4.79 Å². The maximum absolute atomic E-state index is 12.3. The molecule has 2 heterocycles. The summed E-state index contributed by atoms with van der Waals surface area (Å²) in [5.41, 5.74) is 0. The maximum Gasteiger partial charge on any atom is 0.222 e. The molecule has 0 aromatic carbocycles. The van der Waals surface area contributed by atoms with Crippen LogP contribution in [-0.4, -0.2) is 61.0 Å². The predicted molar refractivity (Wildman–Crippen MR) is 83.3 cm³/mol. The summed E-state index contributed by atoms with van der Waals surface area (Å²) in [6.07, 6.45) is 7.22. The van der Waals surface area contributed by atoms with Gasteiger partial charge < -0.3 is 10.2 Å². The molecule has 116 valence electrons. The first-order valence-electron chi connectivity index (χ1n) is 8.05. The Kier molecular flexibility index (Phi) is 6.12. The van der Waals surface area contributed by atoms with Gasteiger partial charge in [-0.25, -0.2) is 0 Å². The second kappa shape index (κ2) is 7.62. The number of nitrogens with one attached hydrogen (secondary N) is 1. The first kappa shape index (κ1) is 16.1. The molecule has 20 heavy (non-hydrogen) atoms. The minimum absolute atomic E-state index is 0. The van der Waals surface area contributed by atoms with Gasteiger partial charge in [-0.1, -0.05) is 12.8 Å². The van der Waals surface area contributed by atoms with Crippen LogP contribution in [0.1, 0.15) is 38.5 Å². The van der Waals surface area contributed by atoms with Gasteiger partial charge in [0, 0.05) is 51.7 Å². The maximum atomic E-state index is 12.3. The number of hydrogen-bond donors (Lipinski definition) is 1. The van der Waals surface area contributed by atoms with Crippen LogP contribution in [0.4, 0.5) is 0 Å². The third-order valence-corrected chi connectivity index (χ3v) is 5.12. The summed E-state index contributed by atoms with van der Waals surface area (Å²) < 4.78 is 0. The van der Waals surface area contributed by atoms with Gasteiger partial charge in [0.2, 0.25) is 5.91 Å². The van der Waals surface area contributed by atoms with E-state index in [9.17, 15) is 4.79 Å². The van der Waals surface area contributed by atoms with Crippen molar-refractivity contribution < 1.29 is 4.79 Å². The second-order valence-corrected chi connectivity index (χ2v) is 6.42. The molecule has 1 aliphatic carbocycles. The Hall–Kier alpha value is -0.320. The Labute approximate surface area is 128 Å². The van der Waals surface area contributed by atoms with E-state index in [0.717, 1.165) is 45.7 Å². The molecule has 2 aliphatic heterocycles. The highest BCUT2D eigenvalue weighted by Crippen LogP contribution is 2.29. The molecule has 0 radical (unpaired) electrons. The lowest BCUT2D eigenvalue weighted by atomic mass is 10.0. The molecule has 0 bridgehead atoms. The van der Waals surface area contributed by atoms with Crippen molar-refractivity contribution in [3.8, 4) is 0 Å². The average Bonchev–Trinajstić information content (AvgIpc) is 3.10. The lowest BCUT2D eigenvalue weighted by Gasteiger charge is -2.32. The number of carbonyl (C=O) groups is 1. The number of hydrogen-bond acceptors (Lipinski definition) is 3. The molecule has 3 fully saturated rings. The topological polar surface area (TPSA) is 35.6 Å². The van der Waals surface area contributed by atoms with Gasteiger partial charge in [-0.3, -0.25) is 9.69 Å². The largest absolute Gasteiger partial charge is 0.341 e. The van der Waals surface area contributed by atoms with Crippen LogP contribution in [0, 0.1) is 5.92 Å². The number of amides is 1. The SMILES string of the molecule is Cl.O=C(CC1CCCC1)N1CCC(N2CCNCC2)C1. The number of carbonyl (C=O) groups excluding carboxylic acids is 1. The second-order valence-electron chi connectivity index (χ2n) is 6.42. The molecule has 1 unspecified atom stereocenters. The fourth-order valence-corrected chi connectivity index (χ4v) is 3.90. The van der Waals surface area contributed by atoms with Crippen molar-refractivity contribution in [2.75, 3.05) is 39.3 Å². The van der Waals surface area contributed by atoms with Crippen molar-refractivity contribution in [1.29, 1.82) is 0 Å². The summed E-state index contributed by atoms with van der Waals surface area (Å²) in [4.78, 5) is 17.0. The van der Waals surface area contributed by atoms with Crippen LogP contribution in [0.3, 0.4) is 0 Å². The summed E-state index contributed by atoms with van der Waals surface area (Å²) in [7, 11) is 0. The van der Waals surface area contributed by atoms with E-state index in [1.807, 2.05) is 0 Å². The van der Waals surface area contributed by atoms with Crippen molar-refractivity contribution in [3.63, 3.8) is 0 Å². The Morgan fingerprint density at radius 3 is 2.45 bits per heavy atom. The summed E-state index contributed by atoms with van der Waals surface area (Å²) in [5, 5.41) is 3.40. The molecule has 1 N–H and O–H groups in total. The van der Waals surface area contributed by atoms with Crippen molar-refractivity contribution in [2.24, 2.45) is 5.92 Å². The standard InChI is InChI=1S/C15H27N3O.ClH/c19-15(11-13-3-1-2-4-13)18-8-5-14(12-18)17-9-6-16-7-10-17;/h13-14,16H,1-12H2;1H. The highest BCUT2D eigenvalue weighted by molar-refractivity contribution is 5.85. The molecule has 0 aromatic rings. The number of halogens is 1. The number of likely N-dealkylation sites (tertiary alicyclic amines) is 1. The van der Waals surface area contributed by atoms with Gasteiger partial charge in [0.1, 0.15) is 0 Å². The molecule has 0 aromatic heterocycles. The highest BCUT2D eigenvalue weighted by Gasteiger charge is 2.31. The van der Waals surface area contributed by atoms with Crippen LogP contribution in [0.25, 0.3) is 0 Å². The molecule has 5 heteroatoms. The van der Waals surface area contributed by atoms with E-state index >= 15 is 0 Å². The zero-order chi connectivity index (χ0) is 13.1. The van der Waals surface area contributed by atoms with Crippen molar-refractivity contribution in [3.05, 3.63) is 0 Å².